The summed E-state index contributed by atoms with van der Waals surface area (Å²) in [6, 6.07) is 5.72. The molecule has 2 aromatic rings. The van der Waals surface area contributed by atoms with Crippen LogP contribution in [0.3, 0.4) is 0 Å². The van der Waals surface area contributed by atoms with Gasteiger partial charge in [0.25, 0.3) is 0 Å². The van der Waals surface area contributed by atoms with Gasteiger partial charge in [0.05, 0.1) is 25.6 Å². The Morgan fingerprint density at radius 1 is 1.15 bits per heavy atom. The molecule has 0 spiro atoms. The summed E-state index contributed by atoms with van der Waals surface area (Å²) in [6.07, 6.45) is 2.03. The standard InChI is InChI=1S/C15H21N3O2/c1-5-16-9-12-10-18(17-11(12)2)13-6-14(19-3)8-15(7-13)20-4/h6-8,10,16H,5,9H2,1-4H3. The van der Waals surface area contributed by atoms with E-state index in [1.54, 1.807) is 14.2 Å². The number of nitrogens with zero attached hydrogens (tertiary/aromatic N) is 2. The number of ether oxygens (including phenoxy) is 2. The fraction of sp³-hybridized carbons (Fsp3) is 0.400. The van der Waals surface area contributed by atoms with Gasteiger partial charge in [0.15, 0.2) is 0 Å². The maximum Gasteiger partial charge on any atom is 0.124 e. The number of methoxy groups -OCH3 is 2. The van der Waals surface area contributed by atoms with E-state index in [9.17, 15) is 0 Å². The molecule has 1 heterocycles. The van der Waals surface area contributed by atoms with Gasteiger partial charge in [-0.05, 0) is 13.5 Å². The fourth-order valence-corrected chi connectivity index (χ4v) is 1.99. The Morgan fingerprint density at radius 2 is 1.80 bits per heavy atom. The molecule has 1 aromatic carbocycles. The lowest BCUT2D eigenvalue weighted by atomic mass is 10.2. The molecule has 0 saturated carbocycles. The van der Waals surface area contributed by atoms with Crippen LogP contribution in [0, 0.1) is 6.92 Å². The first kappa shape index (κ1) is 14.4. The van der Waals surface area contributed by atoms with E-state index in [0.29, 0.717) is 0 Å². The van der Waals surface area contributed by atoms with Crippen molar-refractivity contribution < 1.29 is 9.47 Å². The molecule has 1 aromatic heterocycles. The highest BCUT2D eigenvalue weighted by molar-refractivity contribution is 5.46. The zero-order chi connectivity index (χ0) is 14.5. The highest BCUT2D eigenvalue weighted by Gasteiger charge is 2.08. The normalized spacial score (nSPS) is 10.6. The molecular formula is C15H21N3O2. The minimum absolute atomic E-state index is 0.751. The minimum atomic E-state index is 0.751. The average Bonchev–Trinajstić information content (AvgIpc) is 2.85. The summed E-state index contributed by atoms with van der Waals surface area (Å²) in [5, 5.41) is 7.86. The summed E-state index contributed by atoms with van der Waals surface area (Å²) in [5.41, 5.74) is 3.13. The van der Waals surface area contributed by atoms with Crippen molar-refractivity contribution >= 4 is 0 Å². The maximum absolute atomic E-state index is 5.29. The highest BCUT2D eigenvalue weighted by atomic mass is 16.5. The second-order valence-electron chi connectivity index (χ2n) is 4.54. The first-order chi connectivity index (χ1) is 9.67. The van der Waals surface area contributed by atoms with Crippen molar-refractivity contribution in [3.8, 4) is 17.2 Å². The van der Waals surface area contributed by atoms with Crippen LogP contribution in [0.25, 0.3) is 5.69 Å². The number of hydrogen-bond acceptors (Lipinski definition) is 4. The summed E-state index contributed by atoms with van der Waals surface area (Å²) >= 11 is 0. The maximum atomic E-state index is 5.29. The van der Waals surface area contributed by atoms with E-state index in [-0.39, 0.29) is 0 Å². The lowest BCUT2D eigenvalue weighted by molar-refractivity contribution is 0.394. The molecule has 2 rings (SSSR count). The van der Waals surface area contributed by atoms with Gasteiger partial charge in [-0.2, -0.15) is 5.10 Å². The predicted molar refractivity (Wildman–Crippen MR) is 78.8 cm³/mol. The molecule has 0 aliphatic heterocycles. The molecule has 0 radical (unpaired) electrons. The summed E-state index contributed by atoms with van der Waals surface area (Å²) < 4.78 is 12.4. The van der Waals surface area contributed by atoms with Crippen molar-refractivity contribution in [1.29, 1.82) is 0 Å². The average molecular weight is 275 g/mol. The van der Waals surface area contributed by atoms with E-state index in [4.69, 9.17) is 9.47 Å². The number of benzene rings is 1. The zero-order valence-corrected chi connectivity index (χ0v) is 12.4. The smallest absolute Gasteiger partial charge is 0.124 e. The van der Waals surface area contributed by atoms with Gasteiger partial charge >= 0.3 is 0 Å². The third-order valence-electron chi connectivity index (χ3n) is 3.17. The lowest BCUT2D eigenvalue weighted by Gasteiger charge is -2.08. The molecule has 5 nitrogen and oxygen atoms in total. The van der Waals surface area contributed by atoms with Gasteiger partial charge in [0, 0.05) is 36.5 Å². The van der Waals surface area contributed by atoms with Crippen molar-refractivity contribution in [2.45, 2.75) is 20.4 Å². The second kappa shape index (κ2) is 6.43. The van der Waals surface area contributed by atoms with Crippen molar-refractivity contribution in [2.24, 2.45) is 0 Å². The van der Waals surface area contributed by atoms with Crippen molar-refractivity contribution in [2.75, 3.05) is 20.8 Å². The molecule has 0 aliphatic carbocycles. The van der Waals surface area contributed by atoms with Gasteiger partial charge in [-0.25, -0.2) is 4.68 Å². The third-order valence-corrected chi connectivity index (χ3v) is 3.17. The topological polar surface area (TPSA) is 48.3 Å². The van der Waals surface area contributed by atoms with Crippen LogP contribution in [0.4, 0.5) is 0 Å². The van der Waals surface area contributed by atoms with Crippen molar-refractivity contribution in [3.05, 3.63) is 35.7 Å². The molecule has 0 aliphatic rings. The molecule has 0 saturated heterocycles. The van der Waals surface area contributed by atoms with E-state index < -0.39 is 0 Å². The van der Waals surface area contributed by atoms with Crippen molar-refractivity contribution in [1.82, 2.24) is 15.1 Å². The molecular weight excluding hydrogens is 254 g/mol. The zero-order valence-electron chi connectivity index (χ0n) is 12.4. The Bertz CT molecular complexity index is 556. The Labute approximate surface area is 119 Å². The van der Waals surface area contributed by atoms with E-state index in [2.05, 4.69) is 17.3 Å². The van der Waals surface area contributed by atoms with E-state index in [0.717, 1.165) is 36.0 Å². The Hall–Kier alpha value is -2.01. The van der Waals surface area contributed by atoms with Gasteiger partial charge in [-0.1, -0.05) is 6.92 Å². The number of nitrogens with one attached hydrogen (secondary N) is 1. The summed E-state index contributed by atoms with van der Waals surface area (Å²) in [6.45, 7) is 5.87. The monoisotopic (exact) mass is 275 g/mol. The van der Waals surface area contributed by atoms with E-state index in [1.807, 2.05) is 36.0 Å². The minimum Gasteiger partial charge on any atom is -0.497 e. The molecule has 0 amide bonds. The van der Waals surface area contributed by atoms with Crippen LogP contribution in [-0.4, -0.2) is 30.5 Å². The summed E-state index contributed by atoms with van der Waals surface area (Å²) in [4.78, 5) is 0. The lowest BCUT2D eigenvalue weighted by Crippen LogP contribution is -2.11. The van der Waals surface area contributed by atoms with Gasteiger partial charge in [0.2, 0.25) is 0 Å². The Balaban J connectivity index is 2.35. The number of aromatic nitrogens is 2. The number of hydrogen-bond donors (Lipinski definition) is 1. The first-order valence-electron chi connectivity index (χ1n) is 6.67. The molecule has 20 heavy (non-hydrogen) atoms. The fourth-order valence-electron chi connectivity index (χ4n) is 1.99. The Morgan fingerprint density at radius 3 is 2.35 bits per heavy atom. The molecule has 1 N–H and O–H groups in total. The van der Waals surface area contributed by atoms with E-state index in [1.165, 1.54) is 5.56 Å². The summed E-state index contributed by atoms with van der Waals surface area (Å²) in [7, 11) is 3.28. The largest absolute Gasteiger partial charge is 0.497 e. The van der Waals surface area contributed by atoms with Crippen LogP contribution < -0.4 is 14.8 Å². The number of aryl methyl sites for hydroxylation is 1. The summed E-state index contributed by atoms with van der Waals surface area (Å²) in [5.74, 6) is 1.50. The van der Waals surface area contributed by atoms with Gasteiger partial charge < -0.3 is 14.8 Å². The van der Waals surface area contributed by atoms with Gasteiger partial charge in [-0.3, -0.25) is 0 Å². The SMILES string of the molecule is CCNCc1cn(-c2cc(OC)cc(OC)c2)nc1C. The predicted octanol–water partition coefficient (Wildman–Crippen LogP) is 2.31. The van der Waals surface area contributed by atoms with Gasteiger partial charge in [0.1, 0.15) is 11.5 Å². The van der Waals surface area contributed by atoms with Crippen LogP contribution in [-0.2, 0) is 6.54 Å². The van der Waals surface area contributed by atoms with Crippen LogP contribution in [0.2, 0.25) is 0 Å². The van der Waals surface area contributed by atoms with Crippen LogP contribution in [0.1, 0.15) is 18.2 Å². The molecule has 5 heteroatoms. The highest BCUT2D eigenvalue weighted by Crippen LogP contribution is 2.25. The third kappa shape index (κ3) is 3.11. The van der Waals surface area contributed by atoms with Crippen molar-refractivity contribution in [3.63, 3.8) is 0 Å². The second-order valence-corrected chi connectivity index (χ2v) is 4.54. The van der Waals surface area contributed by atoms with E-state index >= 15 is 0 Å². The molecule has 0 fully saturated rings. The quantitative estimate of drug-likeness (QED) is 0.879. The number of rotatable bonds is 6. The molecule has 108 valence electrons. The first-order valence-corrected chi connectivity index (χ1v) is 6.67. The van der Waals surface area contributed by atoms with Crippen LogP contribution in [0.15, 0.2) is 24.4 Å². The molecule has 0 bridgehead atoms. The Kier molecular flexibility index (Phi) is 4.63. The van der Waals surface area contributed by atoms with Crippen LogP contribution >= 0.6 is 0 Å². The molecule has 0 atom stereocenters. The molecule has 0 unspecified atom stereocenters. The van der Waals surface area contributed by atoms with Gasteiger partial charge in [-0.15, -0.1) is 0 Å². The van der Waals surface area contributed by atoms with Crippen LogP contribution in [0.5, 0.6) is 11.5 Å².